The Morgan fingerprint density at radius 3 is 2.90 bits per heavy atom. The molecule has 4 nitrogen and oxygen atoms in total. The SMILES string of the molecule is CC1(C)CCC(N2CCOc3c(C(=O)O)cccc32)C1. The van der Waals surface area contributed by atoms with Crippen LogP contribution in [0.25, 0.3) is 0 Å². The van der Waals surface area contributed by atoms with Crippen LogP contribution in [0.3, 0.4) is 0 Å². The molecule has 1 saturated carbocycles. The Balaban J connectivity index is 1.95. The third-order valence-corrected chi connectivity index (χ3v) is 4.50. The van der Waals surface area contributed by atoms with Crippen LogP contribution >= 0.6 is 0 Å². The van der Waals surface area contributed by atoms with Crippen LogP contribution in [0.5, 0.6) is 5.75 Å². The highest BCUT2D eigenvalue weighted by Crippen LogP contribution is 2.44. The maximum absolute atomic E-state index is 11.3. The van der Waals surface area contributed by atoms with Crippen LogP contribution in [-0.4, -0.2) is 30.3 Å². The lowest BCUT2D eigenvalue weighted by molar-refractivity contribution is 0.0692. The van der Waals surface area contributed by atoms with Gasteiger partial charge in [-0.1, -0.05) is 19.9 Å². The van der Waals surface area contributed by atoms with Crippen molar-refractivity contribution in [3.05, 3.63) is 23.8 Å². The fourth-order valence-electron chi connectivity index (χ4n) is 3.48. The van der Waals surface area contributed by atoms with Gasteiger partial charge in [0.15, 0.2) is 5.75 Å². The molecule has 0 bridgehead atoms. The van der Waals surface area contributed by atoms with Crippen molar-refractivity contribution in [1.82, 2.24) is 0 Å². The summed E-state index contributed by atoms with van der Waals surface area (Å²) in [5.74, 6) is -0.383. The Bertz CT molecular complexity index is 539. The molecule has 1 unspecified atom stereocenters. The molecule has 1 N–H and O–H groups in total. The van der Waals surface area contributed by atoms with Gasteiger partial charge in [-0.15, -0.1) is 0 Å². The van der Waals surface area contributed by atoms with Crippen LogP contribution in [0.1, 0.15) is 43.5 Å². The third kappa shape index (κ3) is 2.23. The zero-order valence-electron chi connectivity index (χ0n) is 12.1. The molecule has 1 aromatic rings. The minimum Gasteiger partial charge on any atom is -0.489 e. The molecular formula is C16H21NO3. The largest absolute Gasteiger partial charge is 0.489 e. The maximum Gasteiger partial charge on any atom is 0.339 e. The third-order valence-electron chi connectivity index (χ3n) is 4.50. The van der Waals surface area contributed by atoms with Crippen molar-refractivity contribution in [3.8, 4) is 5.75 Å². The molecule has 1 heterocycles. The first-order valence-electron chi connectivity index (χ1n) is 7.24. The van der Waals surface area contributed by atoms with Gasteiger partial charge < -0.3 is 14.7 Å². The number of para-hydroxylation sites is 1. The molecule has 2 aliphatic rings. The number of anilines is 1. The molecule has 1 atom stereocenters. The van der Waals surface area contributed by atoms with E-state index in [1.54, 1.807) is 6.07 Å². The molecule has 3 rings (SSSR count). The van der Waals surface area contributed by atoms with E-state index in [0.29, 0.717) is 23.8 Å². The van der Waals surface area contributed by atoms with Crippen LogP contribution in [-0.2, 0) is 0 Å². The Morgan fingerprint density at radius 1 is 1.45 bits per heavy atom. The second kappa shape index (κ2) is 4.69. The summed E-state index contributed by atoms with van der Waals surface area (Å²) in [5, 5.41) is 9.28. The summed E-state index contributed by atoms with van der Waals surface area (Å²) in [6, 6.07) is 5.90. The molecule has 0 saturated heterocycles. The van der Waals surface area contributed by atoms with Crippen molar-refractivity contribution in [1.29, 1.82) is 0 Å². The normalized spacial score (nSPS) is 24.1. The predicted octanol–water partition coefficient (Wildman–Crippen LogP) is 3.16. The van der Waals surface area contributed by atoms with Gasteiger partial charge in [-0.05, 0) is 36.8 Å². The second-order valence-electron chi connectivity index (χ2n) is 6.56. The molecule has 0 amide bonds. The Kier molecular flexibility index (Phi) is 3.11. The monoisotopic (exact) mass is 275 g/mol. The number of hydrogen-bond donors (Lipinski definition) is 1. The van der Waals surface area contributed by atoms with Gasteiger partial charge >= 0.3 is 5.97 Å². The molecule has 1 aliphatic heterocycles. The van der Waals surface area contributed by atoms with E-state index in [1.807, 2.05) is 12.1 Å². The summed E-state index contributed by atoms with van der Waals surface area (Å²) in [6.45, 7) is 6.02. The van der Waals surface area contributed by atoms with Crippen LogP contribution < -0.4 is 9.64 Å². The van der Waals surface area contributed by atoms with Gasteiger partial charge in [0.25, 0.3) is 0 Å². The predicted molar refractivity (Wildman–Crippen MR) is 77.7 cm³/mol. The van der Waals surface area contributed by atoms with E-state index in [9.17, 15) is 9.90 Å². The Labute approximate surface area is 119 Å². The maximum atomic E-state index is 11.3. The van der Waals surface area contributed by atoms with Crippen LogP contribution in [0.15, 0.2) is 18.2 Å². The Morgan fingerprint density at radius 2 is 2.25 bits per heavy atom. The highest BCUT2D eigenvalue weighted by molar-refractivity contribution is 5.93. The van der Waals surface area contributed by atoms with Gasteiger partial charge in [0.2, 0.25) is 0 Å². The molecule has 4 heteroatoms. The van der Waals surface area contributed by atoms with Gasteiger partial charge in [0, 0.05) is 6.04 Å². The molecule has 0 radical (unpaired) electrons. The minimum atomic E-state index is -0.921. The lowest BCUT2D eigenvalue weighted by Crippen LogP contribution is -2.40. The van der Waals surface area contributed by atoms with Crippen LogP contribution in [0.4, 0.5) is 5.69 Å². The van der Waals surface area contributed by atoms with Gasteiger partial charge in [-0.25, -0.2) is 4.79 Å². The topological polar surface area (TPSA) is 49.8 Å². The zero-order valence-corrected chi connectivity index (χ0v) is 12.1. The average Bonchev–Trinajstić information content (AvgIpc) is 2.77. The number of hydrogen-bond acceptors (Lipinski definition) is 3. The van der Waals surface area contributed by atoms with Gasteiger partial charge in [0.1, 0.15) is 12.2 Å². The van der Waals surface area contributed by atoms with Crippen molar-refractivity contribution < 1.29 is 14.6 Å². The second-order valence-corrected chi connectivity index (χ2v) is 6.56. The van der Waals surface area contributed by atoms with Crippen LogP contribution in [0, 0.1) is 5.41 Å². The van der Waals surface area contributed by atoms with E-state index >= 15 is 0 Å². The number of aromatic carboxylic acids is 1. The fraction of sp³-hybridized carbons (Fsp3) is 0.562. The number of carboxylic acid groups (broad SMARTS) is 1. The quantitative estimate of drug-likeness (QED) is 0.900. The van der Waals surface area contributed by atoms with Crippen molar-refractivity contribution in [2.45, 2.75) is 39.2 Å². The van der Waals surface area contributed by atoms with Crippen molar-refractivity contribution in [2.75, 3.05) is 18.1 Å². The van der Waals surface area contributed by atoms with Crippen LogP contribution in [0.2, 0.25) is 0 Å². The number of ether oxygens (including phenoxy) is 1. The number of benzene rings is 1. The number of carbonyl (C=O) groups is 1. The van der Waals surface area contributed by atoms with Gasteiger partial charge in [0.05, 0.1) is 12.2 Å². The first-order chi connectivity index (χ1) is 9.48. The zero-order chi connectivity index (χ0) is 14.3. The molecule has 1 aliphatic carbocycles. The number of rotatable bonds is 2. The van der Waals surface area contributed by atoms with E-state index in [-0.39, 0.29) is 5.56 Å². The lowest BCUT2D eigenvalue weighted by Gasteiger charge is -2.37. The summed E-state index contributed by atoms with van der Waals surface area (Å²) in [7, 11) is 0. The number of nitrogens with zero attached hydrogens (tertiary/aromatic N) is 1. The lowest BCUT2D eigenvalue weighted by atomic mass is 9.91. The van der Waals surface area contributed by atoms with E-state index in [2.05, 4.69) is 18.7 Å². The summed E-state index contributed by atoms with van der Waals surface area (Å²) in [6.07, 6.45) is 3.55. The Hall–Kier alpha value is -1.71. The smallest absolute Gasteiger partial charge is 0.339 e. The highest BCUT2D eigenvalue weighted by Gasteiger charge is 2.36. The van der Waals surface area contributed by atoms with E-state index in [1.165, 1.54) is 12.8 Å². The number of carboxylic acids is 1. The van der Waals surface area contributed by atoms with E-state index in [0.717, 1.165) is 18.7 Å². The molecule has 0 aromatic heterocycles. The van der Waals surface area contributed by atoms with E-state index in [4.69, 9.17) is 4.74 Å². The summed E-state index contributed by atoms with van der Waals surface area (Å²) >= 11 is 0. The molecular weight excluding hydrogens is 254 g/mol. The molecule has 108 valence electrons. The van der Waals surface area contributed by atoms with E-state index < -0.39 is 5.97 Å². The molecule has 1 fully saturated rings. The highest BCUT2D eigenvalue weighted by atomic mass is 16.5. The standard InChI is InChI=1S/C16H21NO3/c1-16(2)7-6-11(10-16)17-8-9-20-14-12(15(18)19)4-3-5-13(14)17/h3-5,11H,6-10H2,1-2H3,(H,18,19). The first kappa shape index (κ1) is 13.3. The summed E-state index contributed by atoms with van der Waals surface area (Å²) < 4.78 is 5.64. The molecule has 1 aromatic carbocycles. The summed E-state index contributed by atoms with van der Waals surface area (Å²) in [4.78, 5) is 13.7. The summed E-state index contributed by atoms with van der Waals surface area (Å²) in [5.41, 5.74) is 1.59. The van der Waals surface area contributed by atoms with Crippen molar-refractivity contribution in [3.63, 3.8) is 0 Å². The first-order valence-corrected chi connectivity index (χ1v) is 7.24. The van der Waals surface area contributed by atoms with Crippen molar-refractivity contribution in [2.24, 2.45) is 5.41 Å². The molecule has 20 heavy (non-hydrogen) atoms. The number of fused-ring (bicyclic) bond motifs is 1. The molecule has 0 spiro atoms. The average molecular weight is 275 g/mol. The minimum absolute atomic E-state index is 0.268. The fourth-order valence-corrected chi connectivity index (χ4v) is 3.48. The van der Waals surface area contributed by atoms with Gasteiger partial charge in [-0.3, -0.25) is 0 Å². The van der Waals surface area contributed by atoms with Crippen molar-refractivity contribution >= 4 is 11.7 Å². The van der Waals surface area contributed by atoms with Gasteiger partial charge in [-0.2, -0.15) is 0 Å².